The van der Waals surface area contributed by atoms with Crippen molar-refractivity contribution >= 4 is 44.6 Å². The molecule has 0 saturated carbocycles. The lowest BCUT2D eigenvalue weighted by molar-refractivity contribution is 0.0331. The Morgan fingerprint density at radius 3 is 2.74 bits per heavy atom. The van der Waals surface area contributed by atoms with E-state index in [1.807, 2.05) is 33.7 Å². The van der Waals surface area contributed by atoms with Gasteiger partial charge in [0.15, 0.2) is 0 Å². The van der Waals surface area contributed by atoms with Crippen LogP contribution in [0, 0.1) is 5.92 Å². The number of fused-ring (bicyclic) bond motifs is 3. The van der Waals surface area contributed by atoms with Crippen LogP contribution >= 0.6 is 22.7 Å². The van der Waals surface area contributed by atoms with E-state index >= 15 is 0 Å². The molecule has 1 aliphatic carbocycles. The summed E-state index contributed by atoms with van der Waals surface area (Å²) in [5.74, 6) is 2.88. The smallest absolute Gasteiger partial charge is 0.264 e. The summed E-state index contributed by atoms with van der Waals surface area (Å²) in [6.45, 7) is 9.60. The van der Waals surface area contributed by atoms with Crippen LogP contribution in [0.3, 0.4) is 0 Å². The molecule has 0 spiro atoms. The third-order valence-electron chi connectivity index (χ3n) is 7.25. The third kappa shape index (κ3) is 4.34. The second kappa shape index (κ2) is 9.53. The molecule has 3 aromatic heterocycles. The number of piperazine rings is 1. The largest absolute Gasteiger partial charge is 0.379 e. The number of amides is 1. The first-order chi connectivity index (χ1) is 16.7. The van der Waals surface area contributed by atoms with E-state index in [2.05, 4.69) is 16.7 Å². The quantitative estimate of drug-likeness (QED) is 0.548. The Balaban J connectivity index is 1.30. The number of carbonyl (C=O) groups is 1. The van der Waals surface area contributed by atoms with Gasteiger partial charge >= 0.3 is 0 Å². The van der Waals surface area contributed by atoms with E-state index in [0.717, 1.165) is 99.1 Å². The van der Waals surface area contributed by atoms with E-state index in [1.54, 1.807) is 0 Å². The molecule has 3 aliphatic rings. The minimum absolute atomic E-state index is 0.150. The average Bonchev–Trinajstić information content (AvgIpc) is 3.52. The minimum atomic E-state index is 0.150. The number of aromatic nitrogens is 2. The van der Waals surface area contributed by atoms with Crippen LogP contribution in [0.1, 0.15) is 39.3 Å². The number of hydrogen-bond donors (Lipinski definition) is 0. The first-order valence-electron chi connectivity index (χ1n) is 12.3. The number of ether oxygens (including phenoxy) is 1. The van der Waals surface area contributed by atoms with Crippen molar-refractivity contribution in [3.05, 3.63) is 38.7 Å². The highest BCUT2D eigenvalue weighted by molar-refractivity contribution is 7.19. The molecule has 1 amide bonds. The topological polar surface area (TPSA) is 61.8 Å². The molecule has 0 aromatic carbocycles. The molecule has 34 heavy (non-hydrogen) atoms. The van der Waals surface area contributed by atoms with Crippen molar-refractivity contribution in [1.82, 2.24) is 19.8 Å². The van der Waals surface area contributed by atoms with Crippen LogP contribution in [0.2, 0.25) is 0 Å². The van der Waals surface area contributed by atoms with Gasteiger partial charge in [0.25, 0.3) is 5.91 Å². The summed E-state index contributed by atoms with van der Waals surface area (Å²) in [5.41, 5.74) is 1.48. The van der Waals surface area contributed by atoms with Crippen molar-refractivity contribution in [2.75, 3.05) is 57.4 Å². The van der Waals surface area contributed by atoms with Gasteiger partial charge in [0.05, 0.1) is 30.0 Å². The van der Waals surface area contributed by atoms with Gasteiger partial charge in [-0.05, 0) is 42.2 Å². The van der Waals surface area contributed by atoms with Crippen LogP contribution in [0.5, 0.6) is 0 Å². The molecular formula is C25H31N5O2S2. The number of anilines is 1. The molecule has 2 saturated heterocycles. The Kier molecular flexibility index (Phi) is 6.28. The molecule has 180 valence electrons. The van der Waals surface area contributed by atoms with Gasteiger partial charge < -0.3 is 14.5 Å². The molecule has 6 rings (SSSR count). The summed E-state index contributed by atoms with van der Waals surface area (Å²) in [6, 6.07) is 3.87. The lowest BCUT2D eigenvalue weighted by atomic mass is 9.89. The van der Waals surface area contributed by atoms with Crippen molar-refractivity contribution in [2.24, 2.45) is 5.92 Å². The molecule has 0 radical (unpaired) electrons. The highest BCUT2D eigenvalue weighted by Gasteiger charge is 2.29. The second-order valence-corrected chi connectivity index (χ2v) is 11.7. The molecule has 0 N–H and O–H groups in total. The van der Waals surface area contributed by atoms with Crippen LogP contribution in [-0.4, -0.2) is 78.2 Å². The molecule has 2 aliphatic heterocycles. The van der Waals surface area contributed by atoms with E-state index < -0.39 is 0 Å². The number of aryl methyl sites for hydroxylation is 1. The maximum Gasteiger partial charge on any atom is 0.264 e. The molecule has 2 fully saturated rings. The summed E-state index contributed by atoms with van der Waals surface area (Å²) in [5, 5.41) is 3.24. The molecule has 3 aromatic rings. The zero-order valence-electron chi connectivity index (χ0n) is 19.7. The normalized spacial score (nSPS) is 21.7. The lowest BCUT2D eigenvalue weighted by Gasteiger charge is -2.36. The van der Waals surface area contributed by atoms with Gasteiger partial charge in [-0.25, -0.2) is 9.97 Å². The highest BCUT2D eigenvalue weighted by Crippen LogP contribution is 2.41. The van der Waals surface area contributed by atoms with Gasteiger partial charge in [0.2, 0.25) is 0 Å². The minimum Gasteiger partial charge on any atom is -0.379 e. The summed E-state index contributed by atoms with van der Waals surface area (Å²) in [7, 11) is 0. The zero-order valence-corrected chi connectivity index (χ0v) is 21.3. The van der Waals surface area contributed by atoms with Gasteiger partial charge in [0, 0.05) is 44.1 Å². The van der Waals surface area contributed by atoms with Crippen molar-refractivity contribution in [2.45, 2.75) is 32.7 Å². The molecule has 0 bridgehead atoms. The number of thiophene rings is 2. The third-order valence-corrected chi connectivity index (χ3v) is 9.26. The SMILES string of the molecule is CC1CCc2c(sc3nc(CN4CCOCC4)nc(N4CCN(C(=O)c5cccs5)CC4)c23)C1. The fraction of sp³-hybridized carbons (Fsp3) is 0.560. The number of hydrogen-bond acceptors (Lipinski definition) is 8. The van der Waals surface area contributed by atoms with Crippen LogP contribution in [-0.2, 0) is 24.1 Å². The van der Waals surface area contributed by atoms with E-state index in [0.29, 0.717) is 0 Å². The fourth-order valence-electron chi connectivity index (χ4n) is 5.30. The van der Waals surface area contributed by atoms with E-state index in [4.69, 9.17) is 14.7 Å². The maximum atomic E-state index is 12.9. The number of rotatable bonds is 4. The summed E-state index contributed by atoms with van der Waals surface area (Å²) in [4.78, 5) is 33.3. The molecular weight excluding hydrogens is 466 g/mol. The maximum absolute atomic E-state index is 12.9. The van der Waals surface area contributed by atoms with Crippen molar-refractivity contribution in [3.8, 4) is 0 Å². The van der Waals surface area contributed by atoms with Crippen molar-refractivity contribution in [1.29, 1.82) is 0 Å². The fourth-order valence-corrected chi connectivity index (χ4v) is 7.39. The first kappa shape index (κ1) is 22.4. The van der Waals surface area contributed by atoms with Gasteiger partial charge in [-0.2, -0.15) is 0 Å². The molecule has 9 heteroatoms. The van der Waals surface area contributed by atoms with Crippen molar-refractivity contribution in [3.63, 3.8) is 0 Å². The number of carbonyl (C=O) groups excluding carboxylic acids is 1. The summed E-state index contributed by atoms with van der Waals surface area (Å²) in [6.07, 6.45) is 3.50. The standard InChI is InChI=1S/C25H31N5O2S2/c1-17-4-5-18-20(15-17)34-24-22(18)23(26-21(27-24)16-28-10-12-32-13-11-28)29-6-8-30(9-7-29)25(31)19-3-2-14-33-19/h2-3,14,17H,4-13,15-16H2,1H3. The van der Waals surface area contributed by atoms with Gasteiger partial charge in [-0.15, -0.1) is 22.7 Å². The van der Waals surface area contributed by atoms with Crippen LogP contribution in [0.15, 0.2) is 17.5 Å². The van der Waals surface area contributed by atoms with Gasteiger partial charge in [-0.1, -0.05) is 13.0 Å². The van der Waals surface area contributed by atoms with E-state index in [1.165, 1.54) is 33.6 Å². The van der Waals surface area contributed by atoms with Gasteiger partial charge in [-0.3, -0.25) is 9.69 Å². The summed E-state index contributed by atoms with van der Waals surface area (Å²) >= 11 is 3.40. The molecule has 1 unspecified atom stereocenters. The monoisotopic (exact) mass is 497 g/mol. The Labute approximate surface area is 208 Å². The summed E-state index contributed by atoms with van der Waals surface area (Å²) < 4.78 is 5.53. The first-order valence-corrected chi connectivity index (χ1v) is 14.0. The lowest BCUT2D eigenvalue weighted by Crippen LogP contribution is -2.49. The van der Waals surface area contributed by atoms with Gasteiger partial charge in [0.1, 0.15) is 16.5 Å². The van der Waals surface area contributed by atoms with E-state index in [-0.39, 0.29) is 5.91 Å². The number of morpholine rings is 1. The Hall–Kier alpha value is -2.07. The predicted octanol–water partition coefficient (Wildman–Crippen LogP) is 3.67. The highest BCUT2D eigenvalue weighted by atomic mass is 32.1. The zero-order chi connectivity index (χ0) is 23.1. The molecule has 1 atom stereocenters. The second-order valence-electron chi connectivity index (χ2n) is 9.64. The van der Waals surface area contributed by atoms with Crippen LogP contribution in [0.4, 0.5) is 5.82 Å². The van der Waals surface area contributed by atoms with E-state index in [9.17, 15) is 4.79 Å². The number of nitrogens with zero attached hydrogens (tertiary/aromatic N) is 5. The molecule has 5 heterocycles. The Morgan fingerprint density at radius 1 is 1.15 bits per heavy atom. The van der Waals surface area contributed by atoms with Crippen molar-refractivity contribution < 1.29 is 9.53 Å². The van der Waals surface area contributed by atoms with Crippen LogP contribution < -0.4 is 4.90 Å². The predicted molar refractivity (Wildman–Crippen MR) is 137 cm³/mol. The van der Waals surface area contributed by atoms with Crippen LogP contribution in [0.25, 0.3) is 10.2 Å². The Morgan fingerprint density at radius 2 is 1.97 bits per heavy atom. The Bertz CT molecular complexity index is 1160. The average molecular weight is 498 g/mol. The molecule has 7 nitrogen and oxygen atoms in total.